The van der Waals surface area contributed by atoms with Crippen LogP contribution in [0.1, 0.15) is 37.4 Å². The molecule has 0 saturated carbocycles. The van der Waals surface area contributed by atoms with Gasteiger partial charge in [0.25, 0.3) is 0 Å². The van der Waals surface area contributed by atoms with Gasteiger partial charge in [0, 0.05) is 19.5 Å². The predicted octanol–water partition coefficient (Wildman–Crippen LogP) is 2.12. The lowest BCUT2D eigenvalue weighted by Crippen LogP contribution is -2.30. The molecule has 1 amide bonds. The summed E-state index contributed by atoms with van der Waals surface area (Å²) in [4.78, 5) is 13.4. The number of nitrogens with zero attached hydrogens (tertiary/aromatic N) is 1. The van der Waals surface area contributed by atoms with Crippen LogP contribution < -0.4 is 5.73 Å². The van der Waals surface area contributed by atoms with E-state index in [-0.39, 0.29) is 18.0 Å². The van der Waals surface area contributed by atoms with Crippen LogP contribution in [0.15, 0.2) is 24.3 Å². The maximum atomic E-state index is 11.6. The minimum Gasteiger partial charge on any atom is -0.337 e. The average molecular weight is 246 g/mol. The van der Waals surface area contributed by atoms with Crippen molar-refractivity contribution in [3.05, 3.63) is 35.4 Å². The summed E-state index contributed by atoms with van der Waals surface area (Å²) in [6.45, 7) is 4.43. The molecule has 2 N–H and O–H groups in total. The Labute approximate surface area is 109 Å². The van der Waals surface area contributed by atoms with Gasteiger partial charge >= 0.3 is 0 Å². The molecule has 1 heterocycles. The molecule has 0 unspecified atom stereocenters. The summed E-state index contributed by atoms with van der Waals surface area (Å²) >= 11 is 0. The highest BCUT2D eigenvalue weighted by atomic mass is 16.2. The fourth-order valence-corrected chi connectivity index (χ4v) is 2.69. The molecule has 0 spiro atoms. The number of carbonyl (C=O) groups is 1. The molecular weight excluding hydrogens is 224 g/mol. The summed E-state index contributed by atoms with van der Waals surface area (Å²) in [6, 6.07) is 8.47. The van der Waals surface area contributed by atoms with Gasteiger partial charge in [-0.1, -0.05) is 38.1 Å². The highest BCUT2D eigenvalue weighted by Gasteiger charge is 2.35. The average Bonchev–Trinajstić information content (AvgIpc) is 2.54. The van der Waals surface area contributed by atoms with Crippen LogP contribution in [-0.2, 0) is 11.2 Å². The first-order valence-electron chi connectivity index (χ1n) is 6.59. The van der Waals surface area contributed by atoms with Crippen molar-refractivity contribution in [3.8, 4) is 0 Å². The quantitative estimate of drug-likeness (QED) is 0.888. The Hall–Kier alpha value is -1.35. The minimum atomic E-state index is -0.0848. The Kier molecular flexibility index (Phi) is 3.71. The maximum absolute atomic E-state index is 11.6. The van der Waals surface area contributed by atoms with E-state index in [1.165, 1.54) is 5.56 Å². The third-order valence-electron chi connectivity index (χ3n) is 3.59. The van der Waals surface area contributed by atoms with Crippen molar-refractivity contribution in [1.29, 1.82) is 0 Å². The molecular formula is C15H22N2O. The minimum absolute atomic E-state index is 0.0330. The first kappa shape index (κ1) is 13.1. The molecule has 0 aliphatic carbocycles. The SMILES string of the molecule is CC(C)Cc1ccc([C@H]2[C@H](N)CC(=O)N2C)cc1. The number of rotatable bonds is 3. The van der Waals surface area contributed by atoms with Crippen molar-refractivity contribution in [2.75, 3.05) is 7.05 Å². The van der Waals surface area contributed by atoms with Gasteiger partial charge in [0.05, 0.1) is 6.04 Å². The monoisotopic (exact) mass is 246 g/mol. The zero-order valence-corrected chi connectivity index (χ0v) is 11.4. The second kappa shape index (κ2) is 5.11. The van der Waals surface area contributed by atoms with Gasteiger partial charge < -0.3 is 10.6 Å². The fourth-order valence-electron chi connectivity index (χ4n) is 2.69. The lowest BCUT2D eigenvalue weighted by atomic mass is 9.97. The van der Waals surface area contributed by atoms with Crippen LogP contribution in [0.4, 0.5) is 0 Å². The Morgan fingerprint density at radius 2 is 1.94 bits per heavy atom. The molecule has 98 valence electrons. The molecule has 1 aromatic rings. The van der Waals surface area contributed by atoms with Gasteiger partial charge in [-0.3, -0.25) is 4.79 Å². The lowest BCUT2D eigenvalue weighted by molar-refractivity contribution is -0.127. The number of hydrogen-bond donors (Lipinski definition) is 1. The van der Waals surface area contributed by atoms with E-state index in [1.807, 2.05) is 7.05 Å². The van der Waals surface area contributed by atoms with Gasteiger partial charge in [0.15, 0.2) is 0 Å². The number of carbonyl (C=O) groups excluding carboxylic acids is 1. The number of likely N-dealkylation sites (N-methyl/N-ethyl adjacent to an activating group) is 1. The molecule has 1 fully saturated rings. The van der Waals surface area contributed by atoms with Crippen LogP contribution in [-0.4, -0.2) is 23.9 Å². The van der Waals surface area contributed by atoms with E-state index in [4.69, 9.17) is 5.73 Å². The summed E-state index contributed by atoms with van der Waals surface area (Å²) in [5.74, 6) is 0.799. The third kappa shape index (κ3) is 2.56. The molecule has 1 saturated heterocycles. The summed E-state index contributed by atoms with van der Waals surface area (Å²) in [5, 5.41) is 0. The lowest BCUT2D eigenvalue weighted by Gasteiger charge is -2.23. The number of hydrogen-bond acceptors (Lipinski definition) is 2. The molecule has 2 rings (SSSR count). The molecule has 0 aromatic heterocycles. The number of amides is 1. The molecule has 3 heteroatoms. The normalized spacial score (nSPS) is 24.1. The van der Waals surface area contributed by atoms with Crippen LogP contribution >= 0.6 is 0 Å². The Morgan fingerprint density at radius 1 is 1.33 bits per heavy atom. The van der Waals surface area contributed by atoms with E-state index in [0.29, 0.717) is 12.3 Å². The zero-order valence-electron chi connectivity index (χ0n) is 11.4. The van der Waals surface area contributed by atoms with Gasteiger partial charge in [-0.25, -0.2) is 0 Å². The molecule has 0 bridgehead atoms. The van der Waals surface area contributed by atoms with Crippen molar-refractivity contribution < 1.29 is 4.79 Å². The van der Waals surface area contributed by atoms with Crippen LogP contribution in [0.3, 0.4) is 0 Å². The molecule has 3 nitrogen and oxygen atoms in total. The number of nitrogens with two attached hydrogens (primary N) is 1. The second-order valence-electron chi connectivity index (χ2n) is 5.66. The molecule has 1 aliphatic heterocycles. The standard InChI is InChI=1S/C15H22N2O/c1-10(2)8-11-4-6-12(7-5-11)15-13(16)9-14(18)17(15)3/h4-7,10,13,15H,8-9,16H2,1-3H3/t13-,15+/m1/s1. The Morgan fingerprint density at radius 3 is 2.39 bits per heavy atom. The van der Waals surface area contributed by atoms with Crippen molar-refractivity contribution in [1.82, 2.24) is 4.90 Å². The van der Waals surface area contributed by atoms with E-state index >= 15 is 0 Å². The van der Waals surface area contributed by atoms with Crippen molar-refractivity contribution in [2.24, 2.45) is 11.7 Å². The Balaban J connectivity index is 2.17. The van der Waals surface area contributed by atoms with Crippen LogP contribution in [0.25, 0.3) is 0 Å². The predicted molar refractivity (Wildman–Crippen MR) is 73.1 cm³/mol. The smallest absolute Gasteiger partial charge is 0.224 e. The summed E-state index contributed by atoms with van der Waals surface area (Å²) in [5.41, 5.74) is 8.53. The van der Waals surface area contributed by atoms with Gasteiger partial charge in [-0.2, -0.15) is 0 Å². The summed E-state index contributed by atoms with van der Waals surface area (Å²) in [6.07, 6.45) is 1.54. The van der Waals surface area contributed by atoms with E-state index in [9.17, 15) is 4.79 Å². The van der Waals surface area contributed by atoms with Crippen LogP contribution in [0, 0.1) is 5.92 Å². The van der Waals surface area contributed by atoms with Gasteiger partial charge in [-0.05, 0) is 23.5 Å². The van der Waals surface area contributed by atoms with Gasteiger partial charge in [0.2, 0.25) is 5.91 Å². The van der Waals surface area contributed by atoms with E-state index in [2.05, 4.69) is 38.1 Å². The molecule has 1 aromatic carbocycles. The highest BCUT2D eigenvalue weighted by Crippen LogP contribution is 2.30. The first-order chi connectivity index (χ1) is 8.49. The van der Waals surface area contributed by atoms with E-state index in [0.717, 1.165) is 12.0 Å². The fraction of sp³-hybridized carbons (Fsp3) is 0.533. The number of benzene rings is 1. The molecule has 1 aliphatic rings. The van der Waals surface area contributed by atoms with Gasteiger partial charge in [-0.15, -0.1) is 0 Å². The first-order valence-corrected chi connectivity index (χ1v) is 6.59. The largest absolute Gasteiger partial charge is 0.337 e. The van der Waals surface area contributed by atoms with Crippen LogP contribution in [0.5, 0.6) is 0 Å². The zero-order chi connectivity index (χ0) is 13.3. The van der Waals surface area contributed by atoms with Crippen LogP contribution in [0.2, 0.25) is 0 Å². The van der Waals surface area contributed by atoms with Crippen molar-refractivity contribution in [3.63, 3.8) is 0 Å². The third-order valence-corrected chi connectivity index (χ3v) is 3.59. The molecule has 2 atom stereocenters. The maximum Gasteiger partial charge on any atom is 0.224 e. The van der Waals surface area contributed by atoms with Crippen molar-refractivity contribution >= 4 is 5.91 Å². The van der Waals surface area contributed by atoms with E-state index < -0.39 is 0 Å². The summed E-state index contributed by atoms with van der Waals surface area (Å²) < 4.78 is 0. The van der Waals surface area contributed by atoms with Crippen molar-refractivity contribution in [2.45, 2.75) is 38.8 Å². The Bertz CT molecular complexity index is 425. The topological polar surface area (TPSA) is 46.3 Å². The molecule has 0 radical (unpaired) electrons. The van der Waals surface area contributed by atoms with Gasteiger partial charge in [0.1, 0.15) is 0 Å². The summed E-state index contributed by atoms with van der Waals surface area (Å²) in [7, 11) is 1.84. The second-order valence-corrected chi connectivity index (χ2v) is 5.66. The highest BCUT2D eigenvalue weighted by molar-refractivity contribution is 5.80. The molecule has 18 heavy (non-hydrogen) atoms. The van der Waals surface area contributed by atoms with E-state index in [1.54, 1.807) is 4.90 Å². The number of likely N-dealkylation sites (tertiary alicyclic amines) is 1.